The van der Waals surface area contributed by atoms with Crippen LogP contribution in [-0.2, 0) is 7.05 Å². The first-order chi connectivity index (χ1) is 16.5. The summed E-state index contributed by atoms with van der Waals surface area (Å²) >= 11 is 1.40. The minimum atomic E-state index is -0.455. The van der Waals surface area contributed by atoms with Gasteiger partial charge in [-0.15, -0.1) is 10.2 Å². The van der Waals surface area contributed by atoms with Gasteiger partial charge in [0.25, 0.3) is 0 Å². The van der Waals surface area contributed by atoms with Crippen LogP contribution in [0.25, 0.3) is 0 Å². The molecule has 34 heavy (non-hydrogen) atoms. The van der Waals surface area contributed by atoms with Crippen molar-refractivity contribution in [3.63, 3.8) is 0 Å². The number of aryl methyl sites for hydroxylation is 2. The molecular formula is C27H25N3O3S. The number of fused-ring (bicyclic) bond motifs is 1. The molecular weight excluding hydrogens is 446 g/mol. The lowest BCUT2D eigenvalue weighted by Crippen LogP contribution is -2.24. The van der Waals surface area contributed by atoms with Crippen LogP contribution in [0.5, 0.6) is 11.5 Å². The van der Waals surface area contributed by atoms with Crippen LogP contribution in [0, 0.1) is 13.8 Å². The first-order valence-corrected chi connectivity index (χ1v) is 12.0. The van der Waals surface area contributed by atoms with Crippen LogP contribution in [0.15, 0.2) is 78.0 Å². The Kier molecular flexibility index (Phi) is 6.11. The topological polar surface area (TPSA) is 66.2 Å². The first kappa shape index (κ1) is 22.2. The summed E-state index contributed by atoms with van der Waals surface area (Å²) in [5.74, 6) is 2.09. The molecule has 0 saturated heterocycles. The molecule has 0 amide bonds. The number of para-hydroxylation sites is 2. The summed E-state index contributed by atoms with van der Waals surface area (Å²) in [5, 5.41) is 8.99. The summed E-state index contributed by atoms with van der Waals surface area (Å²) < 4.78 is 13.9. The number of hydrogen-bond acceptors (Lipinski definition) is 6. The molecule has 1 aromatic heterocycles. The van der Waals surface area contributed by atoms with Gasteiger partial charge in [-0.2, -0.15) is 0 Å². The molecule has 0 fully saturated rings. The maximum absolute atomic E-state index is 13.6. The Morgan fingerprint density at radius 3 is 2.29 bits per heavy atom. The van der Waals surface area contributed by atoms with Crippen LogP contribution in [-0.4, -0.2) is 27.2 Å². The molecule has 0 aliphatic carbocycles. The lowest BCUT2D eigenvalue weighted by Gasteiger charge is -2.25. The number of carbonyl (C=O) groups excluding carboxylic acids is 1. The lowest BCUT2D eigenvalue weighted by molar-refractivity contribution is 0.0825. The second-order valence-corrected chi connectivity index (χ2v) is 9.48. The molecule has 172 valence electrons. The number of nitrogens with zero attached hydrogens (tertiary/aromatic N) is 3. The second-order valence-electron chi connectivity index (χ2n) is 8.40. The molecule has 6 nitrogen and oxygen atoms in total. The summed E-state index contributed by atoms with van der Waals surface area (Å²) in [5.41, 5.74) is 3.86. The molecule has 3 aromatic carbocycles. The number of ether oxygens (including phenoxy) is 2. The summed E-state index contributed by atoms with van der Waals surface area (Å²) in [6, 6.07) is 23.3. The van der Waals surface area contributed by atoms with Crippen molar-refractivity contribution in [2.24, 2.45) is 7.05 Å². The standard InChI is InChI=1S/C27H25N3O3S/c1-17-8-12-19(13-9-17)24(31)25(20-14-10-18(2)11-15-20)34-27-29-28-26(30(27)3)23-16-32-21-6-4-5-7-22(21)33-23/h4-15,23,25H,16H2,1-3H3/t23-,25+/m1/s1. The van der Waals surface area contributed by atoms with Crippen molar-refractivity contribution >= 4 is 17.5 Å². The van der Waals surface area contributed by atoms with Gasteiger partial charge in [-0.3, -0.25) is 4.79 Å². The van der Waals surface area contributed by atoms with E-state index in [-0.39, 0.29) is 11.9 Å². The van der Waals surface area contributed by atoms with Gasteiger partial charge in [0.05, 0.1) is 0 Å². The molecule has 2 atom stereocenters. The van der Waals surface area contributed by atoms with Crippen LogP contribution >= 0.6 is 11.8 Å². The summed E-state index contributed by atoms with van der Waals surface area (Å²) in [4.78, 5) is 13.6. The lowest BCUT2D eigenvalue weighted by atomic mass is 10.0. The van der Waals surface area contributed by atoms with E-state index in [0.29, 0.717) is 28.9 Å². The number of ketones is 1. The SMILES string of the molecule is Cc1ccc(C(=O)[C@@H](Sc2nnc([C@H]3COc4ccccc4O3)n2C)c2ccc(C)cc2)cc1. The maximum atomic E-state index is 13.6. The molecule has 1 aliphatic heterocycles. The Balaban J connectivity index is 1.44. The Morgan fingerprint density at radius 2 is 1.59 bits per heavy atom. The fraction of sp³-hybridized carbons (Fsp3) is 0.222. The number of thioether (sulfide) groups is 1. The summed E-state index contributed by atoms with van der Waals surface area (Å²) in [6.45, 7) is 4.39. The molecule has 4 aromatic rings. The van der Waals surface area contributed by atoms with Gasteiger partial charge in [-0.05, 0) is 31.5 Å². The predicted molar refractivity (Wildman–Crippen MR) is 132 cm³/mol. The zero-order valence-corrected chi connectivity index (χ0v) is 20.1. The van der Waals surface area contributed by atoms with E-state index in [9.17, 15) is 4.79 Å². The third-order valence-corrected chi connectivity index (χ3v) is 7.13. The maximum Gasteiger partial charge on any atom is 0.192 e. The molecule has 0 radical (unpaired) electrons. The van der Waals surface area contributed by atoms with Gasteiger partial charge in [-0.25, -0.2) is 0 Å². The van der Waals surface area contributed by atoms with Gasteiger partial charge in [-0.1, -0.05) is 83.6 Å². The molecule has 2 heterocycles. The minimum Gasteiger partial charge on any atom is -0.485 e. The third-order valence-electron chi connectivity index (χ3n) is 5.84. The molecule has 1 aliphatic rings. The minimum absolute atomic E-state index is 0.0320. The highest BCUT2D eigenvalue weighted by molar-refractivity contribution is 8.00. The summed E-state index contributed by atoms with van der Waals surface area (Å²) in [6.07, 6.45) is -0.382. The second kappa shape index (κ2) is 9.35. The number of carbonyl (C=O) groups is 1. The molecule has 0 unspecified atom stereocenters. The van der Waals surface area contributed by atoms with Gasteiger partial charge in [0, 0.05) is 12.6 Å². The van der Waals surface area contributed by atoms with Gasteiger partial charge < -0.3 is 14.0 Å². The molecule has 5 rings (SSSR count). The van der Waals surface area contributed by atoms with Gasteiger partial charge in [0.1, 0.15) is 11.9 Å². The van der Waals surface area contributed by atoms with Crippen LogP contribution in [0.2, 0.25) is 0 Å². The van der Waals surface area contributed by atoms with Crippen LogP contribution in [0.3, 0.4) is 0 Å². The van der Waals surface area contributed by atoms with Gasteiger partial charge in [0.15, 0.2) is 34.4 Å². The smallest absolute Gasteiger partial charge is 0.192 e. The van der Waals surface area contributed by atoms with Gasteiger partial charge >= 0.3 is 0 Å². The highest BCUT2D eigenvalue weighted by Gasteiger charge is 2.30. The highest BCUT2D eigenvalue weighted by atomic mass is 32.2. The van der Waals surface area contributed by atoms with E-state index < -0.39 is 5.25 Å². The van der Waals surface area contributed by atoms with Crippen molar-refractivity contribution in [1.29, 1.82) is 0 Å². The van der Waals surface area contributed by atoms with Crippen molar-refractivity contribution in [2.75, 3.05) is 6.61 Å². The van der Waals surface area contributed by atoms with Crippen molar-refractivity contribution < 1.29 is 14.3 Å². The molecule has 0 bridgehead atoms. The van der Waals surface area contributed by atoms with Crippen molar-refractivity contribution in [3.05, 3.63) is 101 Å². The monoisotopic (exact) mass is 471 g/mol. The summed E-state index contributed by atoms with van der Waals surface area (Å²) in [7, 11) is 1.89. The highest BCUT2D eigenvalue weighted by Crippen LogP contribution is 2.39. The molecule has 0 saturated carbocycles. The van der Waals surface area contributed by atoms with Crippen LogP contribution in [0.1, 0.15) is 44.2 Å². The number of hydrogen-bond donors (Lipinski definition) is 0. The van der Waals surface area contributed by atoms with Crippen molar-refractivity contribution in [1.82, 2.24) is 14.8 Å². The molecule has 0 N–H and O–H groups in total. The zero-order valence-electron chi connectivity index (χ0n) is 19.3. The zero-order chi connectivity index (χ0) is 23.7. The largest absolute Gasteiger partial charge is 0.485 e. The average molecular weight is 472 g/mol. The Labute approximate surface area is 202 Å². The van der Waals surface area contributed by atoms with E-state index in [1.54, 1.807) is 0 Å². The average Bonchev–Trinajstić information content (AvgIpc) is 3.23. The number of Topliss-reactive ketones (excluding diaryl/α,β-unsaturated/α-hetero) is 1. The quantitative estimate of drug-likeness (QED) is 0.267. The van der Waals surface area contributed by atoms with Crippen molar-refractivity contribution in [2.45, 2.75) is 30.4 Å². The first-order valence-electron chi connectivity index (χ1n) is 11.1. The Morgan fingerprint density at radius 1 is 0.941 bits per heavy atom. The fourth-order valence-electron chi connectivity index (χ4n) is 3.84. The normalized spacial score (nSPS) is 15.7. The third kappa shape index (κ3) is 4.43. The fourth-order valence-corrected chi connectivity index (χ4v) is 4.93. The van der Waals surface area contributed by atoms with E-state index in [0.717, 1.165) is 22.4 Å². The van der Waals surface area contributed by atoms with E-state index in [4.69, 9.17) is 9.47 Å². The van der Waals surface area contributed by atoms with Crippen LogP contribution < -0.4 is 9.47 Å². The Hall–Kier alpha value is -3.58. The molecule has 7 heteroatoms. The van der Waals surface area contributed by atoms with Crippen LogP contribution in [0.4, 0.5) is 0 Å². The van der Waals surface area contributed by atoms with E-state index >= 15 is 0 Å². The van der Waals surface area contributed by atoms with E-state index in [1.807, 2.05) is 98.3 Å². The number of aromatic nitrogens is 3. The molecule has 0 spiro atoms. The van der Waals surface area contributed by atoms with E-state index in [1.165, 1.54) is 11.8 Å². The van der Waals surface area contributed by atoms with Crippen molar-refractivity contribution in [3.8, 4) is 11.5 Å². The Bertz CT molecular complexity index is 1320. The predicted octanol–water partition coefficient (Wildman–Crippen LogP) is 5.66. The van der Waals surface area contributed by atoms with E-state index in [2.05, 4.69) is 10.2 Å². The number of rotatable bonds is 6. The number of benzene rings is 3. The van der Waals surface area contributed by atoms with Gasteiger partial charge in [0.2, 0.25) is 0 Å².